The number of pyridine rings is 1. The van der Waals surface area contributed by atoms with E-state index in [0.717, 1.165) is 25.2 Å². The Balaban J connectivity index is 1.98. The molecular formula is C17H23ClN4O2. The van der Waals surface area contributed by atoms with E-state index >= 15 is 0 Å². The number of nitriles is 1. The monoisotopic (exact) mass is 350 g/mol. The van der Waals surface area contributed by atoms with Crippen LogP contribution in [0.25, 0.3) is 0 Å². The fraction of sp³-hybridized carbons (Fsp3) is 0.588. The molecule has 130 valence electrons. The first-order valence-electron chi connectivity index (χ1n) is 8.02. The van der Waals surface area contributed by atoms with Crippen molar-refractivity contribution in [1.29, 1.82) is 5.26 Å². The van der Waals surface area contributed by atoms with Gasteiger partial charge in [0.15, 0.2) is 5.69 Å². The molecule has 1 N–H and O–H groups in total. The second kappa shape index (κ2) is 7.27. The number of nitrogens with zero attached hydrogens (tertiary/aromatic N) is 3. The number of halogens is 1. The summed E-state index contributed by atoms with van der Waals surface area (Å²) in [5, 5.41) is 12.3. The number of nitrogens with one attached hydrogen (secondary N) is 1. The predicted octanol–water partition coefficient (Wildman–Crippen LogP) is 3.49. The third kappa shape index (κ3) is 4.75. The molecule has 1 aliphatic heterocycles. The Labute approximate surface area is 147 Å². The van der Waals surface area contributed by atoms with Gasteiger partial charge in [-0.25, -0.2) is 9.78 Å². The Morgan fingerprint density at radius 2 is 2.21 bits per heavy atom. The van der Waals surface area contributed by atoms with Crippen molar-refractivity contribution >= 4 is 23.5 Å². The molecule has 2 heterocycles. The Morgan fingerprint density at radius 3 is 2.79 bits per heavy atom. The molecule has 2 rings (SSSR count). The van der Waals surface area contributed by atoms with Crippen LogP contribution in [-0.4, -0.2) is 35.3 Å². The molecule has 0 radical (unpaired) electrons. The normalized spacial score (nSPS) is 21.1. The summed E-state index contributed by atoms with van der Waals surface area (Å²) in [6, 6.07) is 5.76. The highest BCUT2D eigenvalue weighted by molar-refractivity contribution is 6.31. The molecule has 6 nitrogen and oxygen atoms in total. The zero-order valence-electron chi connectivity index (χ0n) is 14.5. The molecule has 1 saturated heterocycles. The molecule has 2 unspecified atom stereocenters. The van der Waals surface area contributed by atoms with Crippen molar-refractivity contribution < 1.29 is 9.53 Å². The number of amides is 1. The molecule has 24 heavy (non-hydrogen) atoms. The van der Waals surface area contributed by atoms with E-state index < -0.39 is 5.60 Å². The van der Waals surface area contributed by atoms with Gasteiger partial charge >= 0.3 is 6.09 Å². The van der Waals surface area contributed by atoms with Gasteiger partial charge in [0.2, 0.25) is 0 Å². The summed E-state index contributed by atoms with van der Waals surface area (Å²) in [6.45, 7) is 8.34. The lowest BCUT2D eigenvalue weighted by atomic mass is 9.98. The van der Waals surface area contributed by atoms with Gasteiger partial charge in [0, 0.05) is 18.6 Å². The van der Waals surface area contributed by atoms with Gasteiger partial charge in [-0.05, 0) is 52.7 Å². The van der Waals surface area contributed by atoms with Crippen molar-refractivity contribution in [2.75, 3.05) is 11.4 Å². The van der Waals surface area contributed by atoms with E-state index in [4.69, 9.17) is 21.6 Å². The summed E-state index contributed by atoms with van der Waals surface area (Å²) in [4.78, 5) is 18.3. The number of aromatic nitrogens is 1. The second-order valence-corrected chi connectivity index (χ2v) is 7.43. The van der Waals surface area contributed by atoms with Gasteiger partial charge in [0.05, 0.1) is 5.02 Å². The van der Waals surface area contributed by atoms with E-state index in [2.05, 4.69) is 22.1 Å². The van der Waals surface area contributed by atoms with Gasteiger partial charge in [-0.2, -0.15) is 5.26 Å². The average Bonchev–Trinajstić information content (AvgIpc) is 2.46. The van der Waals surface area contributed by atoms with Crippen molar-refractivity contribution in [2.24, 2.45) is 0 Å². The van der Waals surface area contributed by atoms with Crippen molar-refractivity contribution in [2.45, 2.75) is 58.2 Å². The molecular weight excluding hydrogens is 328 g/mol. The van der Waals surface area contributed by atoms with Gasteiger partial charge in [0.1, 0.15) is 17.5 Å². The van der Waals surface area contributed by atoms with Crippen molar-refractivity contribution in [3.05, 3.63) is 22.8 Å². The Kier molecular flexibility index (Phi) is 5.55. The quantitative estimate of drug-likeness (QED) is 0.883. The van der Waals surface area contributed by atoms with E-state index in [9.17, 15) is 4.79 Å². The second-order valence-electron chi connectivity index (χ2n) is 7.02. The van der Waals surface area contributed by atoms with Crippen LogP contribution in [0.5, 0.6) is 0 Å². The van der Waals surface area contributed by atoms with Gasteiger partial charge in [-0.1, -0.05) is 11.6 Å². The molecule has 0 spiro atoms. The first kappa shape index (κ1) is 18.3. The number of rotatable bonds is 2. The number of carbonyl (C=O) groups is 1. The largest absolute Gasteiger partial charge is 0.444 e. The minimum absolute atomic E-state index is 0.0637. The number of alkyl carbamates (subject to hydrolysis) is 1. The van der Waals surface area contributed by atoms with E-state index in [0.29, 0.717) is 5.02 Å². The fourth-order valence-electron chi connectivity index (χ4n) is 2.79. The number of hydrogen-bond acceptors (Lipinski definition) is 5. The zero-order chi connectivity index (χ0) is 17.9. The Bertz CT molecular complexity index is 651. The third-order valence-electron chi connectivity index (χ3n) is 3.83. The van der Waals surface area contributed by atoms with Gasteiger partial charge in [0.25, 0.3) is 0 Å². The Morgan fingerprint density at radius 1 is 1.50 bits per heavy atom. The number of anilines is 1. The van der Waals surface area contributed by atoms with E-state index in [1.807, 2.05) is 32.9 Å². The molecule has 1 amide bonds. The molecule has 2 atom stereocenters. The highest BCUT2D eigenvalue weighted by Crippen LogP contribution is 2.26. The number of carbonyl (C=O) groups excluding carboxylic acids is 1. The van der Waals surface area contributed by atoms with Crippen LogP contribution >= 0.6 is 11.6 Å². The lowest BCUT2D eigenvalue weighted by Crippen LogP contribution is -2.50. The maximum absolute atomic E-state index is 11.9. The van der Waals surface area contributed by atoms with E-state index in [-0.39, 0.29) is 23.9 Å². The summed E-state index contributed by atoms with van der Waals surface area (Å²) in [5.41, 5.74) is -0.271. The van der Waals surface area contributed by atoms with Crippen LogP contribution in [0.1, 0.15) is 46.2 Å². The molecule has 1 aromatic rings. The minimum atomic E-state index is -0.503. The van der Waals surface area contributed by atoms with E-state index in [1.165, 1.54) is 0 Å². The highest BCUT2D eigenvalue weighted by Gasteiger charge is 2.29. The first-order chi connectivity index (χ1) is 11.2. The molecule has 1 aliphatic rings. The van der Waals surface area contributed by atoms with Crippen LogP contribution in [0.4, 0.5) is 10.6 Å². The smallest absolute Gasteiger partial charge is 0.407 e. The lowest BCUT2D eigenvalue weighted by molar-refractivity contribution is 0.0494. The van der Waals surface area contributed by atoms with Crippen LogP contribution in [-0.2, 0) is 4.74 Å². The third-order valence-corrected chi connectivity index (χ3v) is 4.13. The molecule has 0 saturated carbocycles. The van der Waals surface area contributed by atoms with Crippen LogP contribution in [0.15, 0.2) is 12.1 Å². The Hall–Kier alpha value is -2.00. The summed E-state index contributed by atoms with van der Waals surface area (Å²) < 4.78 is 5.30. The molecule has 0 bridgehead atoms. The number of hydrogen-bond donors (Lipinski definition) is 1. The summed E-state index contributed by atoms with van der Waals surface area (Å²) in [5.74, 6) is 0.735. The predicted molar refractivity (Wildman–Crippen MR) is 93.2 cm³/mol. The SMILES string of the molecule is CC1CC(NC(=O)OC(C)(C)C)CCN1c1ccc(Cl)c(C#N)n1. The topological polar surface area (TPSA) is 78.2 Å². The van der Waals surface area contributed by atoms with Crippen LogP contribution in [0, 0.1) is 11.3 Å². The zero-order valence-corrected chi connectivity index (χ0v) is 15.2. The van der Waals surface area contributed by atoms with Crippen LogP contribution in [0.3, 0.4) is 0 Å². The highest BCUT2D eigenvalue weighted by atomic mass is 35.5. The van der Waals surface area contributed by atoms with Gasteiger partial charge in [-0.15, -0.1) is 0 Å². The maximum Gasteiger partial charge on any atom is 0.407 e. The van der Waals surface area contributed by atoms with Crippen LogP contribution in [0.2, 0.25) is 5.02 Å². The molecule has 7 heteroatoms. The first-order valence-corrected chi connectivity index (χ1v) is 8.40. The molecule has 1 aromatic heterocycles. The minimum Gasteiger partial charge on any atom is -0.444 e. The number of piperidine rings is 1. The van der Waals surface area contributed by atoms with Gasteiger partial charge in [-0.3, -0.25) is 0 Å². The summed E-state index contributed by atoms with van der Waals surface area (Å²) in [7, 11) is 0. The van der Waals surface area contributed by atoms with Gasteiger partial charge < -0.3 is 15.0 Å². The fourth-order valence-corrected chi connectivity index (χ4v) is 2.94. The molecule has 0 aliphatic carbocycles. The molecule has 0 aromatic carbocycles. The summed E-state index contributed by atoms with van der Waals surface area (Å²) in [6.07, 6.45) is 1.19. The summed E-state index contributed by atoms with van der Waals surface area (Å²) >= 11 is 5.94. The van der Waals surface area contributed by atoms with Crippen molar-refractivity contribution in [3.63, 3.8) is 0 Å². The van der Waals surface area contributed by atoms with Crippen molar-refractivity contribution in [3.8, 4) is 6.07 Å². The number of ether oxygens (including phenoxy) is 1. The average molecular weight is 351 g/mol. The van der Waals surface area contributed by atoms with Crippen molar-refractivity contribution in [1.82, 2.24) is 10.3 Å². The van der Waals surface area contributed by atoms with E-state index in [1.54, 1.807) is 6.07 Å². The standard InChI is InChI=1S/C17H23ClN4O2/c1-11-9-12(20-16(23)24-17(2,3)4)7-8-22(11)15-6-5-13(18)14(10-19)21-15/h5-6,11-12H,7-9H2,1-4H3,(H,20,23). The lowest BCUT2D eigenvalue weighted by Gasteiger charge is -2.38. The van der Waals surface area contributed by atoms with Crippen LogP contribution < -0.4 is 10.2 Å². The maximum atomic E-state index is 11.9. The molecule has 1 fully saturated rings.